The van der Waals surface area contributed by atoms with Gasteiger partial charge in [0.25, 0.3) is 0 Å². The fourth-order valence-electron chi connectivity index (χ4n) is 6.29. The van der Waals surface area contributed by atoms with Crippen LogP contribution >= 0.6 is 0 Å². The van der Waals surface area contributed by atoms with E-state index in [2.05, 4.69) is 31.3 Å². The molecule has 256 valence electrons. The smallest absolute Gasteiger partial charge is 0.320 e. The number of nitrogens with one attached hydrogen (secondary N) is 4. The number of aromatic nitrogens is 5. The third kappa shape index (κ3) is 10.8. The van der Waals surface area contributed by atoms with E-state index in [1.807, 2.05) is 28.9 Å². The number of amides is 1. The van der Waals surface area contributed by atoms with Gasteiger partial charge in [-0.1, -0.05) is 31.4 Å². The number of piperidine rings is 1. The Morgan fingerprint density at radius 2 is 1.77 bits per heavy atom. The Labute approximate surface area is 276 Å². The molecule has 2 aromatic heterocycles. The van der Waals surface area contributed by atoms with Crippen LogP contribution in [0.1, 0.15) is 76.5 Å². The van der Waals surface area contributed by atoms with Gasteiger partial charge in [-0.25, -0.2) is 9.97 Å². The van der Waals surface area contributed by atoms with Crippen molar-refractivity contribution in [3.63, 3.8) is 0 Å². The molecule has 0 radical (unpaired) electrons. The van der Waals surface area contributed by atoms with Crippen molar-refractivity contribution in [2.75, 3.05) is 43.4 Å². The van der Waals surface area contributed by atoms with Gasteiger partial charge in [-0.2, -0.15) is 10.1 Å². The number of anilines is 2. The van der Waals surface area contributed by atoms with Crippen molar-refractivity contribution in [3.05, 3.63) is 36.4 Å². The minimum atomic E-state index is -1.08. The lowest BCUT2D eigenvalue weighted by Gasteiger charge is -2.33. The summed E-state index contributed by atoms with van der Waals surface area (Å²) in [5.74, 6) is 0.775. The Morgan fingerprint density at radius 1 is 0.979 bits per heavy atom. The van der Waals surface area contributed by atoms with Crippen molar-refractivity contribution in [2.24, 2.45) is 5.73 Å². The largest absolute Gasteiger partial charge is 0.480 e. The van der Waals surface area contributed by atoms with Gasteiger partial charge >= 0.3 is 5.97 Å². The number of carbonyl (C=O) groups is 2. The van der Waals surface area contributed by atoms with E-state index >= 15 is 0 Å². The van der Waals surface area contributed by atoms with Crippen molar-refractivity contribution in [3.8, 4) is 0 Å². The molecule has 14 heteroatoms. The van der Waals surface area contributed by atoms with Gasteiger partial charge in [0.2, 0.25) is 11.9 Å². The molecule has 1 saturated heterocycles. The molecule has 3 heterocycles. The van der Waals surface area contributed by atoms with Gasteiger partial charge in [0.1, 0.15) is 18.2 Å². The van der Waals surface area contributed by atoms with Crippen LogP contribution in [0.3, 0.4) is 0 Å². The first kappa shape index (κ1) is 34.5. The first-order valence-electron chi connectivity index (χ1n) is 17.3. The number of benzene rings is 1. The van der Waals surface area contributed by atoms with Gasteiger partial charge in [0.05, 0.1) is 12.1 Å². The monoisotopic (exact) mass is 649 g/mol. The maximum absolute atomic E-state index is 12.6. The van der Waals surface area contributed by atoms with Crippen molar-refractivity contribution in [2.45, 2.75) is 102 Å². The van der Waals surface area contributed by atoms with Gasteiger partial charge < -0.3 is 37.0 Å². The number of aliphatic carboxylic acids is 1. The number of nitrogens with zero attached hydrogens (tertiary/aromatic N) is 6. The number of aryl methyl sites for hydroxylation is 1. The number of fused-ring (bicyclic) bond motifs is 1. The molecule has 7 N–H and O–H groups in total. The molecule has 14 nitrogen and oxygen atoms in total. The highest BCUT2D eigenvalue weighted by Gasteiger charge is 2.25. The number of rotatable bonds is 18. The number of carboxylic acids is 1. The fraction of sp³-hybridized carbons (Fsp3) is 0.636. The number of carbonyl (C=O) groups excluding carboxylic acids is 1. The second-order valence-electron chi connectivity index (χ2n) is 12.7. The van der Waals surface area contributed by atoms with E-state index < -0.39 is 12.0 Å². The summed E-state index contributed by atoms with van der Waals surface area (Å²) < 4.78 is 1.88. The molecule has 5 rings (SSSR count). The lowest BCUT2D eigenvalue weighted by Crippen LogP contribution is -2.43. The third-order valence-electron chi connectivity index (χ3n) is 9.08. The maximum Gasteiger partial charge on any atom is 0.320 e. The molecule has 1 aliphatic carbocycles. The molecule has 1 saturated carbocycles. The SMILES string of the molecule is N[C@@H](CCC(=O)N1CCC(Nc2nc(NCc3ncn(CCCNCCCNC4CCCCC4)n3)nc3ccccc23)CC1)C(=O)O. The van der Waals surface area contributed by atoms with Crippen molar-refractivity contribution < 1.29 is 14.7 Å². The molecule has 2 aliphatic rings. The number of carboxylic acid groups (broad SMARTS) is 1. The summed E-state index contributed by atoms with van der Waals surface area (Å²) in [5.41, 5.74) is 6.39. The van der Waals surface area contributed by atoms with Gasteiger partial charge in [0, 0.05) is 43.5 Å². The summed E-state index contributed by atoms with van der Waals surface area (Å²) in [6.07, 6.45) is 12.5. The molecule has 2 fully saturated rings. The van der Waals surface area contributed by atoms with E-state index in [1.54, 1.807) is 11.2 Å². The second-order valence-corrected chi connectivity index (χ2v) is 12.7. The Bertz CT molecular complexity index is 1420. The van der Waals surface area contributed by atoms with Gasteiger partial charge in [0.15, 0.2) is 5.82 Å². The molecule has 0 bridgehead atoms. The second kappa shape index (κ2) is 17.9. The molecule has 0 unspecified atom stereocenters. The molecule has 0 spiro atoms. The first-order chi connectivity index (χ1) is 22.9. The standard InChI is InChI=1S/C33H51N11O3/c34-27(32(46)47)12-13-30(45)43-20-14-25(15-21-43)39-31-26-10-4-5-11-28(26)40-33(41-31)37-22-29-38-23-44(42-29)19-7-17-35-16-6-18-36-24-8-2-1-3-9-24/h4-5,10-11,23-25,27,35-36H,1-3,6-9,12-22,34H2,(H,46,47)(H2,37,39,40,41)/t27-/m0/s1. The van der Waals surface area contributed by atoms with E-state index in [1.165, 1.54) is 32.1 Å². The molecule has 1 amide bonds. The van der Waals surface area contributed by atoms with Crippen LogP contribution in [0.25, 0.3) is 10.9 Å². The Morgan fingerprint density at radius 3 is 2.57 bits per heavy atom. The average Bonchev–Trinajstić information content (AvgIpc) is 3.55. The van der Waals surface area contributed by atoms with Crippen LogP contribution in [-0.4, -0.2) is 97.5 Å². The molecular weight excluding hydrogens is 598 g/mol. The number of nitrogens with two attached hydrogens (primary N) is 1. The van der Waals surface area contributed by atoms with Crippen LogP contribution in [0.15, 0.2) is 30.6 Å². The predicted octanol–water partition coefficient (Wildman–Crippen LogP) is 2.72. The molecule has 47 heavy (non-hydrogen) atoms. The predicted molar refractivity (Wildman–Crippen MR) is 182 cm³/mol. The normalized spacial score (nSPS) is 16.7. The average molecular weight is 650 g/mol. The topological polar surface area (TPSA) is 188 Å². The van der Waals surface area contributed by atoms with E-state index in [0.29, 0.717) is 31.4 Å². The van der Waals surface area contributed by atoms with E-state index in [0.717, 1.165) is 74.6 Å². The highest BCUT2D eigenvalue weighted by Crippen LogP contribution is 2.25. The summed E-state index contributed by atoms with van der Waals surface area (Å²) in [6.45, 7) is 5.47. The quantitative estimate of drug-likeness (QED) is 0.111. The summed E-state index contributed by atoms with van der Waals surface area (Å²) in [5, 5.41) is 28.6. The van der Waals surface area contributed by atoms with E-state index in [9.17, 15) is 9.59 Å². The minimum absolute atomic E-state index is 0.0557. The Hall–Kier alpha value is -3.88. The lowest BCUT2D eigenvalue weighted by molar-refractivity contribution is -0.139. The number of para-hydroxylation sites is 1. The van der Waals surface area contributed by atoms with Crippen LogP contribution in [0.4, 0.5) is 11.8 Å². The maximum atomic E-state index is 12.6. The number of hydrogen-bond acceptors (Lipinski definition) is 11. The molecule has 3 aromatic rings. The van der Waals surface area contributed by atoms with Gasteiger partial charge in [-0.05, 0) is 76.7 Å². The summed E-state index contributed by atoms with van der Waals surface area (Å²) in [7, 11) is 0. The third-order valence-corrected chi connectivity index (χ3v) is 9.08. The first-order valence-corrected chi connectivity index (χ1v) is 17.3. The van der Waals surface area contributed by atoms with E-state index in [4.69, 9.17) is 20.8 Å². The van der Waals surface area contributed by atoms with Crippen LogP contribution < -0.4 is 27.0 Å². The minimum Gasteiger partial charge on any atom is -0.480 e. The van der Waals surface area contributed by atoms with Crippen LogP contribution in [-0.2, 0) is 22.7 Å². The van der Waals surface area contributed by atoms with Crippen molar-refractivity contribution >= 4 is 34.5 Å². The fourth-order valence-corrected chi connectivity index (χ4v) is 6.29. The van der Waals surface area contributed by atoms with Crippen LogP contribution in [0, 0.1) is 0 Å². The highest BCUT2D eigenvalue weighted by molar-refractivity contribution is 5.90. The van der Waals surface area contributed by atoms with Crippen LogP contribution in [0.2, 0.25) is 0 Å². The zero-order chi connectivity index (χ0) is 32.8. The van der Waals surface area contributed by atoms with Crippen LogP contribution in [0.5, 0.6) is 0 Å². The summed E-state index contributed by atoms with van der Waals surface area (Å²) in [6, 6.07) is 7.73. The van der Waals surface area contributed by atoms with Crippen molar-refractivity contribution in [1.29, 1.82) is 0 Å². The molecule has 1 atom stereocenters. The zero-order valence-corrected chi connectivity index (χ0v) is 27.4. The van der Waals surface area contributed by atoms with Crippen molar-refractivity contribution in [1.82, 2.24) is 40.3 Å². The number of hydrogen-bond donors (Lipinski definition) is 6. The van der Waals surface area contributed by atoms with Gasteiger partial charge in [-0.3, -0.25) is 14.3 Å². The lowest BCUT2D eigenvalue weighted by atomic mass is 9.95. The summed E-state index contributed by atoms with van der Waals surface area (Å²) >= 11 is 0. The molecule has 1 aliphatic heterocycles. The molecular formula is C33H51N11O3. The van der Waals surface area contributed by atoms with E-state index in [-0.39, 0.29) is 24.8 Å². The molecule has 1 aromatic carbocycles. The van der Waals surface area contributed by atoms with Gasteiger partial charge in [-0.15, -0.1) is 0 Å². The highest BCUT2D eigenvalue weighted by atomic mass is 16.4. The number of likely N-dealkylation sites (tertiary alicyclic amines) is 1. The Kier molecular flexibility index (Phi) is 13.1. The summed E-state index contributed by atoms with van der Waals surface area (Å²) in [4.78, 5) is 39.3. The Balaban J connectivity index is 1.03. The zero-order valence-electron chi connectivity index (χ0n) is 27.4.